The Kier molecular flexibility index (Phi) is 6.92. The second-order valence-corrected chi connectivity index (χ2v) is 8.32. The van der Waals surface area contributed by atoms with Crippen LogP contribution in [0.2, 0.25) is 0 Å². The summed E-state index contributed by atoms with van der Waals surface area (Å²) in [6.45, 7) is 3.85. The van der Waals surface area contributed by atoms with Gasteiger partial charge in [-0.15, -0.1) is 0 Å². The maximum atomic E-state index is 12.9. The zero-order chi connectivity index (χ0) is 21.6. The van der Waals surface area contributed by atoms with Gasteiger partial charge in [-0.2, -0.15) is 0 Å². The number of amides is 2. The molecule has 0 aliphatic carbocycles. The first-order valence-corrected chi connectivity index (χ1v) is 11.1. The third-order valence-corrected chi connectivity index (χ3v) is 6.44. The highest BCUT2D eigenvalue weighted by Gasteiger charge is 2.30. The lowest BCUT2D eigenvalue weighted by Gasteiger charge is -2.32. The van der Waals surface area contributed by atoms with Crippen molar-refractivity contribution in [3.63, 3.8) is 0 Å². The van der Waals surface area contributed by atoms with Gasteiger partial charge in [-0.1, -0.05) is 12.1 Å². The quantitative estimate of drug-likeness (QED) is 0.738. The van der Waals surface area contributed by atoms with Crippen LogP contribution < -0.4 is 10.1 Å². The topological polar surface area (TPSA) is 75.0 Å². The summed E-state index contributed by atoms with van der Waals surface area (Å²) >= 11 is 0. The minimum Gasteiger partial charge on any atom is -0.497 e. The van der Waals surface area contributed by atoms with Crippen LogP contribution in [0.25, 0.3) is 0 Å². The maximum Gasteiger partial charge on any atom is 0.289 e. The molecule has 1 aromatic heterocycles. The van der Waals surface area contributed by atoms with Crippen LogP contribution in [-0.4, -0.2) is 61.4 Å². The van der Waals surface area contributed by atoms with Gasteiger partial charge >= 0.3 is 0 Å². The molecular weight excluding hydrogens is 394 g/mol. The van der Waals surface area contributed by atoms with E-state index in [2.05, 4.69) is 22.3 Å². The molecular formula is C24H31N3O4. The lowest BCUT2D eigenvalue weighted by Crippen LogP contribution is -2.44. The fraction of sp³-hybridized carbons (Fsp3) is 0.500. The molecule has 2 aliphatic heterocycles. The lowest BCUT2D eigenvalue weighted by atomic mass is 9.95. The average Bonchev–Trinajstić information content (AvgIpc) is 3.54. The van der Waals surface area contributed by atoms with Crippen LogP contribution in [-0.2, 0) is 4.79 Å². The number of carbonyl (C=O) groups excluding carboxylic acids is 2. The highest BCUT2D eigenvalue weighted by atomic mass is 16.5. The normalized spacial score (nSPS) is 18.7. The number of hydrogen-bond acceptors (Lipinski definition) is 5. The first-order valence-electron chi connectivity index (χ1n) is 11.1. The van der Waals surface area contributed by atoms with Gasteiger partial charge in [0.15, 0.2) is 5.76 Å². The second-order valence-electron chi connectivity index (χ2n) is 8.32. The third-order valence-electron chi connectivity index (χ3n) is 6.44. The van der Waals surface area contributed by atoms with Crippen molar-refractivity contribution in [1.82, 2.24) is 15.1 Å². The summed E-state index contributed by atoms with van der Waals surface area (Å²) in [4.78, 5) is 29.5. The summed E-state index contributed by atoms with van der Waals surface area (Å²) in [7, 11) is 1.67. The summed E-state index contributed by atoms with van der Waals surface area (Å²) in [5.74, 6) is 1.12. The molecule has 166 valence electrons. The molecule has 2 amide bonds. The van der Waals surface area contributed by atoms with Crippen LogP contribution in [0.15, 0.2) is 47.1 Å². The zero-order valence-electron chi connectivity index (χ0n) is 18.1. The Balaban J connectivity index is 1.32. The van der Waals surface area contributed by atoms with E-state index in [4.69, 9.17) is 9.15 Å². The highest BCUT2D eigenvalue weighted by Crippen LogP contribution is 2.27. The van der Waals surface area contributed by atoms with E-state index in [-0.39, 0.29) is 23.8 Å². The molecule has 0 spiro atoms. The number of nitrogens with zero attached hydrogens (tertiary/aromatic N) is 2. The summed E-state index contributed by atoms with van der Waals surface area (Å²) in [5.41, 5.74) is 1.20. The number of rotatable bonds is 7. The van der Waals surface area contributed by atoms with E-state index in [1.807, 2.05) is 12.1 Å². The Morgan fingerprint density at radius 3 is 2.42 bits per heavy atom. The van der Waals surface area contributed by atoms with Gasteiger partial charge in [0.05, 0.1) is 19.4 Å². The summed E-state index contributed by atoms with van der Waals surface area (Å²) in [5, 5.41) is 3.19. The molecule has 2 aromatic rings. The smallest absolute Gasteiger partial charge is 0.289 e. The van der Waals surface area contributed by atoms with Crippen LogP contribution in [0.3, 0.4) is 0 Å². The molecule has 2 fully saturated rings. The van der Waals surface area contributed by atoms with E-state index in [1.54, 1.807) is 24.1 Å². The highest BCUT2D eigenvalue weighted by molar-refractivity contribution is 5.91. The zero-order valence-corrected chi connectivity index (χ0v) is 18.1. The number of nitrogens with one attached hydrogen (secondary N) is 1. The van der Waals surface area contributed by atoms with Gasteiger partial charge in [0.1, 0.15) is 5.75 Å². The molecule has 2 aliphatic rings. The first-order chi connectivity index (χ1) is 15.2. The number of hydrogen-bond donors (Lipinski definition) is 1. The summed E-state index contributed by atoms with van der Waals surface area (Å²) < 4.78 is 10.5. The molecule has 4 rings (SSSR count). The molecule has 0 unspecified atom stereocenters. The number of benzene rings is 1. The van der Waals surface area contributed by atoms with E-state index in [1.165, 1.54) is 24.7 Å². The van der Waals surface area contributed by atoms with Crippen LogP contribution in [0.4, 0.5) is 0 Å². The monoisotopic (exact) mass is 425 g/mol. The SMILES string of the molecule is COc1ccc([C@H](CNC(=O)C2CCN(C(=O)c3ccco3)CC2)N2CCCC2)cc1. The average molecular weight is 426 g/mol. The van der Waals surface area contributed by atoms with Crippen molar-refractivity contribution < 1.29 is 18.7 Å². The van der Waals surface area contributed by atoms with Crippen LogP contribution in [0.1, 0.15) is 47.8 Å². The van der Waals surface area contributed by atoms with E-state index in [9.17, 15) is 9.59 Å². The molecule has 1 atom stereocenters. The minimum atomic E-state index is -0.0996. The number of carbonyl (C=O) groups is 2. The molecule has 31 heavy (non-hydrogen) atoms. The first kappa shape index (κ1) is 21.4. The minimum absolute atomic E-state index is 0.0595. The van der Waals surface area contributed by atoms with Crippen molar-refractivity contribution in [2.75, 3.05) is 39.8 Å². The summed E-state index contributed by atoms with van der Waals surface area (Å²) in [6.07, 6.45) is 5.25. The van der Waals surface area contributed by atoms with Gasteiger partial charge in [-0.25, -0.2) is 0 Å². The number of furan rings is 1. The molecule has 7 heteroatoms. The predicted molar refractivity (Wildman–Crippen MR) is 117 cm³/mol. The Bertz CT molecular complexity index is 851. The fourth-order valence-corrected chi connectivity index (χ4v) is 4.58. The van der Waals surface area contributed by atoms with Gasteiger partial charge in [0.25, 0.3) is 5.91 Å². The van der Waals surface area contributed by atoms with Crippen molar-refractivity contribution in [3.8, 4) is 5.75 Å². The largest absolute Gasteiger partial charge is 0.497 e. The van der Waals surface area contributed by atoms with Gasteiger partial charge in [-0.3, -0.25) is 14.5 Å². The lowest BCUT2D eigenvalue weighted by molar-refractivity contribution is -0.126. The molecule has 3 heterocycles. The van der Waals surface area contributed by atoms with E-state index < -0.39 is 0 Å². The molecule has 1 N–H and O–H groups in total. The van der Waals surface area contributed by atoms with E-state index in [0.29, 0.717) is 38.2 Å². The van der Waals surface area contributed by atoms with Crippen molar-refractivity contribution >= 4 is 11.8 Å². The molecule has 2 saturated heterocycles. The Morgan fingerprint density at radius 1 is 1.10 bits per heavy atom. The Morgan fingerprint density at radius 2 is 1.81 bits per heavy atom. The molecule has 0 bridgehead atoms. The Hall–Kier alpha value is -2.80. The van der Waals surface area contributed by atoms with Crippen molar-refractivity contribution in [3.05, 3.63) is 54.0 Å². The van der Waals surface area contributed by atoms with E-state index in [0.717, 1.165) is 18.8 Å². The summed E-state index contributed by atoms with van der Waals surface area (Å²) in [6, 6.07) is 11.7. The maximum absolute atomic E-state index is 12.9. The van der Waals surface area contributed by atoms with Gasteiger partial charge in [-0.05, 0) is 68.6 Å². The predicted octanol–water partition coefficient (Wildman–Crippen LogP) is 3.09. The van der Waals surface area contributed by atoms with Crippen molar-refractivity contribution in [2.45, 2.75) is 31.7 Å². The van der Waals surface area contributed by atoms with Crippen molar-refractivity contribution in [1.29, 1.82) is 0 Å². The van der Waals surface area contributed by atoms with Gasteiger partial charge in [0, 0.05) is 25.6 Å². The molecule has 7 nitrogen and oxygen atoms in total. The van der Waals surface area contributed by atoms with Gasteiger partial charge in [0.2, 0.25) is 5.91 Å². The molecule has 0 saturated carbocycles. The van der Waals surface area contributed by atoms with Crippen LogP contribution >= 0.6 is 0 Å². The Labute approximate surface area is 183 Å². The second kappa shape index (κ2) is 10.0. The standard InChI is InChI=1S/C24H31N3O4/c1-30-20-8-6-18(7-9-20)21(26-12-2-3-13-26)17-25-23(28)19-10-14-27(15-11-19)24(29)22-5-4-16-31-22/h4-9,16,19,21H,2-3,10-15,17H2,1H3,(H,25,28)/t21-/m0/s1. The van der Waals surface area contributed by atoms with Crippen molar-refractivity contribution in [2.24, 2.45) is 5.92 Å². The number of piperidine rings is 1. The number of methoxy groups -OCH3 is 1. The van der Waals surface area contributed by atoms with Crippen LogP contribution in [0.5, 0.6) is 5.75 Å². The van der Waals surface area contributed by atoms with E-state index >= 15 is 0 Å². The fourth-order valence-electron chi connectivity index (χ4n) is 4.58. The number of ether oxygens (including phenoxy) is 1. The molecule has 1 aromatic carbocycles. The van der Waals surface area contributed by atoms with Gasteiger partial charge < -0.3 is 19.4 Å². The third kappa shape index (κ3) is 5.10. The van der Waals surface area contributed by atoms with Crippen LogP contribution in [0, 0.1) is 5.92 Å². The number of likely N-dealkylation sites (tertiary alicyclic amines) is 2. The molecule has 0 radical (unpaired) electrons.